The van der Waals surface area contributed by atoms with Crippen molar-refractivity contribution in [2.24, 2.45) is 0 Å². The molecule has 0 amide bonds. The SMILES string of the molecule is c1ccc(CCc2nnc3sc(-c4cnccn4)nn23)cc1. The summed E-state index contributed by atoms with van der Waals surface area (Å²) in [6, 6.07) is 10.3. The normalized spacial score (nSPS) is 11.1. The third-order valence-corrected chi connectivity index (χ3v) is 4.24. The van der Waals surface area contributed by atoms with Gasteiger partial charge in [0.05, 0.1) is 6.20 Å². The first-order valence-corrected chi connectivity index (χ1v) is 7.73. The van der Waals surface area contributed by atoms with E-state index in [1.54, 1.807) is 23.1 Å². The third kappa shape index (κ3) is 2.46. The van der Waals surface area contributed by atoms with Gasteiger partial charge in [0.2, 0.25) is 4.96 Å². The minimum absolute atomic E-state index is 0.756. The standard InChI is InChI=1S/C15H12N6S/c1-2-4-11(5-3-1)6-7-13-18-19-15-21(13)20-14(22-15)12-10-16-8-9-17-12/h1-5,8-10H,6-7H2. The highest BCUT2D eigenvalue weighted by Gasteiger charge is 2.13. The Bertz CT molecular complexity index is 884. The average molecular weight is 308 g/mol. The predicted octanol–water partition coefficient (Wildman–Crippen LogP) is 2.43. The maximum absolute atomic E-state index is 4.56. The van der Waals surface area contributed by atoms with Crippen LogP contribution in [0.2, 0.25) is 0 Å². The molecule has 1 aromatic carbocycles. The lowest BCUT2D eigenvalue weighted by Gasteiger charge is -1.98. The number of rotatable bonds is 4. The van der Waals surface area contributed by atoms with Crippen molar-refractivity contribution in [1.29, 1.82) is 0 Å². The number of aryl methyl sites for hydroxylation is 2. The summed E-state index contributed by atoms with van der Waals surface area (Å²) in [6.45, 7) is 0. The van der Waals surface area contributed by atoms with Gasteiger partial charge in [-0.05, 0) is 12.0 Å². The Labute approximate surface area is 130 Å². The molecule has 0 saturated carbocycles. The molecule has 3 aromatic heterocycles. The van der Waals surface area contributed by atoms with Crippen LogP contribution in [-0.4, -0.2) is 29.8 Å². The van der Waals surface area contributed by atoms with Gasteiger partial charge in [0.15, 0.2) is 10.8 Å². The molecule has 7 heteroatoms. The second-order valence-corrected chi connectivity index (χ2v) is 5.75. The highest BCUT2D eigenvalue weighted by molar-refractivity contribution is 7.19. The van der Waals surface area contributed by atoms with Crippen LogP contribution in [0.25, 0.3) is 15.7 Å². The van der Waals surface area contributed by atoms with E-state index in [1.165, 1.54) is 16.9 Å². The maximum Gasteiger partial charge on any atom is 0.235 e. The summed E-state index contributed by atoms with van der Waals surface area (Å²) in [5.74, 6) is 0.866. The molecule has 4 rings (SSSR count). The molecule has 6 nitrogen and oxygen atoms in total. The third-order valence-electron chi connectivity index (χ3n) is 3.32. The lowest BCUT2D eigenvalue weighted by molar-refractivity contribution is 0.792. The molecule has 0 fully saturated rings. The molecule has 3 heterocycles. The Kier molecular flexibility index (Phi) is 3.32. The van der Waals surface area contributed by atoms with Gasteiger partial charge < -0.3 is 0 Å². The van der Waals surface area contributed by atoms with E-state index in [4.69, 9.17) is 0 Å². The Morgan fingerprint density at radius 3 is 2.73 bits per heavy atom. The quantitative estimate of drug-likeness (QED) is 0.579. The first kappa shape index (κ1) is 13.0. The van der Waals surface area contributed by atoms with Crippen molar-refractivity contribution in [1.82, 2.24) is 29.8 Å². The summed E-state index contributed by atoms with van der Waals surface area (Å²) in [5.41, 5.74) is 2.04. The van der Waals surface area contributed by atoms with Crippen LogP contribution in [0, 0.1) is 0 Å². The summed E-state index contributed by atoms with van der Waals surface area (Å²) in [6.07, 6.45) is 6.73. The minimum atomic E-state index is 0.756. The van der Waals surface area contributed by atoms with Gasteiger partial charge in [-0.15, -0.1) is 10.2 Å². The van der Waals surface area contributed by atoms with Gasteiger partial charge in [-0.1, -0.05) is 41.7 Å². The number of hydrogen-bond donors (Lipinski definition) is 0. The second kappa shape index (κ2) is 5.61. The van der Waals surface area contributed by atoms with Crippen molar-refractivity contribution in [3.05, 3.63) is 60.3 Å². The number of benzene rings is 1. The zero-order chi connectivity index (χ0) is 14.8. The second-order valence-electron chi connectivity index (χ2n) is 4.79. The van der Waals surface area contributed by atoms with Crippen LogP contribution in [0.3, 0.4) is 0 Å². The average Bonchev–Trinajstić information content (AvgIpc) is 3.16. The fourth-order valence-electron chi connectivity index (χ4n) is 2.23. The summed E-state index contributed by atoms with van der Waals surface area (Å²) in [7, 11) is 0. The van der Waals surface area contributed by atoms with Crippen molar-refractivity contribution in [3.63, 3.8) is 0 Å². The number of nitrogens with zero attached hydrogens (tertiary/aromatic N) is 6. The maximum atomic E-state index is 4.56. The van der Waals surface area contributed by atoms with Crippen LogP contribution in [0.1, 0.15) is 11.4 Å². The minimum Gasteiger partial charge on any atom is -0.261 e. The molecular weight excluding hydrogens is 296 g/mol. The molecule has 0 unspecified atom stereocenters. The van der Waals surface area contributed by atoms with E-state index < -0.39 is 0 Å². The van der Waals surface area contributed by atoms with Gasteiger partial charge in [0.25, 0.3) is 0 Å². The molecule has 0 saturated heterocycles. The molecule has 0 N–H and O–H groups in total. The van der Waals surface area contributed by atoms with Crippen LogP contribution in [0.15, 0.2) is 48.9 Å². The largest absolute Gasteiger partial charge is 0.261 e. The monoisotopic (exact) mass is 308 g/mol. The summed E-state index contributed by atoms with van der Waals surface area (Å²) < 4.78 is 1.80. The molecule has 0 aliphatic heterocycles. The molecule has 0 aliphatic rings. The first-order chi connectivity index (χ1) is 10.9. The van der Waals surface area contributed by atoms with E-state index in [0.29, 0.717) is 0 Å². The van der Waals surface area contributed by atoms with E-state index >= 15 is 0 Å². The van der Waals surface area contributed by atoms with Gasteiger partial charge in [-0.3, -0.25) is 9.97 Å². The van der Waals surface area contributed by atoms with Gasteiger partial charge in [-0.25, -0.2) is 0 Å². The summed E-state index contributed by atoms with van der Waals surface area (Å²) in [5, 5.41) is 13.8. The van der Waals surface area contributed by atoms with Crippen molar-refractivity contribution in [2.75, 3.05) is 0 Å². The van der Waals surface area contributed by atoms with Crippen molar-refractivity contribution < 1.29 is 0 Å². The molecule has 22 heavy (non-hydrogen) atoms. The van der Waals surface area contributed by atoms with Crippen molar-refractivity contribution in [2.45, 2.75) is 12.8 Å². The Balaban J connectivity index is 1.61. The van der Waals surface area contributed by atoms with Crippen LogP contribution < -0.4 is 0 Å². The molecule has 0 radical (unpaired) electrons. The van der Waals surface area contributed by atoms with Gasteiger partial charge in [-0.2, -0.15) is 9.61 Å². The Morgan fingerprint density at radius 1 is 1.00 bits per heavy atom. The first-order valence-electron chi connectivity index (χ1n) is 6.91. The molecule has 0 spiro atoms. The van der Waals surface area contributed by atoms with Crippen LogP contribution in [-0.2, 0) is 12.8 Å². The van der Waals surface area contributed by atoms with E-state index in [0.717, 1.165) is 34.3 Å². The zero-order valence-corrected chi connectivity index (χ0v) is 12.4. The number of hydrogen-bond acceptors (Lipinski definition) is 6. The van der Waals surface area contributed by atoms with E-state index in [2.05, 4.69) is 37.4 Å². The van der Waals surface area contributed by atoms with E-state index in [9.17, 15) is 0 Å². The smallest absolute Gasteiger partial charge is 0.235 e. The van der Waals surface area contributed by atoms with E-state index in [-0.39, 0.29) is 0 Å². The Morgan fingerprint density at radius 2 is 1.91 bits per heavy atom. The van der Waals surface area contributed by atoms with Crippen molar-refractivity contribution in [3.8, 4) is 10.7 Å². The van der Waals surface area contributed by atoms with Crippen LogP contribution in [0.4, 0.5) is 0 Å². The molecular formula is C15H12N6S. The molecule has 0 atom stereocenters. The van der Waals surface area contributed by atoms with E-state index in [1.807, 2.05) is 18.2 Å². The summed E-state index contributed by atoms with van der Waals surface area (Å²) >= 11 is 1.47. The predicted molar refractivity (Wildman–Crippen MR) is 83.5 cm³/mol. The zero-order valence-electron chi connectivity index (χ0n) is 11.6. The molecule has 0 aliphatic carbocycles. The number of aromatic nitrogens is 6. The van der Waals surface area contributed by atoms with Gasteiger partial charge in [0.1, 0.15) is 5.69 Å². The highest BCUT2D eigenvalue weighted by atomic mass is 32.1. The number of fused-ring (bicyclic) bond motifs is 1. The van der Waals surface area contributed by atoms with Crippen LogP contribution in [0.5, 0.6) is 0 Å². The fourth-order valence-corrected chi connectivity index (χ4v) is 3.05. The highest BCUT2D eigenvalue weighted by Crippen LogP contribution is 2.23. The lowest BCUT2D eigenvalue weighted by Crippen LogP contribution is -1.99. The fraction of sp³-hybridized carbons (Fsp3) is 0.133. The van der Waals surface area contributed by atoms with Crippen molar-refractivity contribution >= 4 is 16.3 Å². The summed E-state index contributed by atoms with van der Waals surface area (Å²) in [4.78, 5) is 9.13. The Hall–Kier alpha value is -2.67. The molecule has 0 bridgehead atoms. The van der Waals surface area contributed by atoms with Crippen LogP contribution >= 0.6 is 11.3 Å². The lowest BCUT2D eigenvalue weighted by atomic mass is 10.1. The van der Waals surface area contributed by atoms with Gasteiger partial charge in [0, 0.05) is 18.8 Å². The van der Waals surface area contributed by atoms with Gasteiger partial charge >= 0.3 is 0 Å². The topological polar surface area (TPSA) is 68.9 Å². The molecule has 4 aromatic rings. The molecule has 108 valence electrons.